The Labute approximate surface area is 124 Å². The van der Waals surface area contributed by atoms with Gasteiger partial charge in [-0.3, -0.25) is 0 Å². The lowest BCUT2D eigenvalue weighted by Crippen LogP contribution is -2.27. The van der Waals surface area contributed by atoms with E-state index in [0.717, 1.165) is 12.0 Å². The smallest absolute Gasteiger partial charge is 0.162 e. The molecule has 0 bridgehead atoms. The van der Waals surface area contributed by atoms with Gasteiger partial charge in [0.25, 0.3) is 0 Å². The molecule has 108 valence electrons. The average Bonchev–Trinajstić information content (AvgIpc) is 2.93. The van der Waals surface area contributed by atoms with Crippen LogP contribution in [0.3, 0.4) is 0 Å². The Bertz CT molecular complexity index is 525. The molecule has 2 N–H and O–H groups in total. The maximum absolute atomic E-state index is 10.1. The van der Waals surface area contributed by atoms with Gasteiger partial charge < -0.3 is 15.2 Å². The summed E-state index contributed by atoms with van der Waals surface area (Å²) in [6, 6.07) is 8.13. The van der Waals surface area contributed by atoms with Gasteiger partial charge in [-0.2, -0.15) is 11.3 Å². The van der Waals surface area contributed by atoms with E-state index in [9.17, 15) is 5.11 Å². The maximum Gasteiger partial charge on any atom is 0.162 e. The zero-order valence-corrected chi connectivity index (χ0v) is 12.7. The number of rotatable bonds is 7. The summed E-state index contributed by atoms with van der Waals surface area (Å²) in [4.78, 5) is 0. The zero-order valence-electron chi connectivity index (χ0n) is 11.9. The molecule has 1 unspecified atom stereocenters. The number of para-hydroxylation sites is 1. The van der Waals surface area contributed by atoms with Crippen molar-refractivity contribution >= 4 is 11.3 Å². The second-order valence-electron chi connectivity index (χ2n) is 4.81. The molecule has 0 radical (unpaired) electrons. The summed E-state index contributed by atoms with van der Waals surface area (Å²) >= 11 is 1.72. The first-order valence-corrected chi connectivity index (χ1v) is 7.83. The highest BCUT2D eigenvalue weighted by Gasteiger charge is 2.09. The lowest BCUT2D eigenvalue weighted by Gasteiger charge is -2.15. The van der Waals surface area contributed by atoms with Crippen molar-refractivity contribution in [2.45, 2.75) is 32.9 Å². The van der Waals surface area contributed by atoms with E-state index in [-0.39, 0.29) is 5.75 Å². The molecule has 2 aromatic rings. The van der Waals surface area contributed by atoms with Crippen LogP contribution in [0.25, 0.3) is 0 Å². The van der Waals surface area contributed by atoms with E-state index < -0.39 is 0 Å². The van der Waals surface area contributed by atoms with E-state index in [4.69, 9.17) is 4.74 Å². The molecular weight excluding hydrogens is 270 g/mol. The lowest BCUT2D eigenvalue weighted by atomic mass is 10.1. The summed E-state index contributed by atoms with van der Waals surface area (Å²) < 4.78 is 5.39. The minimum Gasteiger partial charge on any atom is -0.504 e. The van der Waals surface area contributed by atoms with Crippen molar-refractivity contribution in [2.75, 3.05) is 6.61 Å². The molecule has 0 saturated carbocycles. The lowest BCUT2D eigenvalue weighted by molar-refractivity contribution is 0.316. The first kappa shape index (κ1) is 14.9. The Morgan fingerprint density at radius 3 is 2.90 bits per heavy atom. The van der Waals surface area contributed by atoms with Gasteiger partial charge in [0.05, 0.1) is 6.61 Å². The molecule has 4 heteroatoms. The summed E-state index contributed by atoms with van der Waals surface area (Å²) in [5, 5.41) is 17.8. The summed E-state index contributed by atoms with van der Waals surface area (Å²) in [5.74, 6) is 0.793. The molecule has 1 heterocycles. The van der Waals surface area contributed by atoms with Crippen LogP contribution >= 0.6 is 11.3 Å². The van der Waals surface area contributed by atoms with Crippen molar-refractivity contribution < 1.29 is 9.84 Å². The van der Waals surface area contributed by atoms with Gasteiger partial charge >= 0.3 is 0 Å². The topological polar surface area (TPSA) is 41.5 Å². The number of ether oxygens (including phenoxy) is 1. The van der Waals surface area contributed by atoms with E-state index in [0.29, 0.717) is 24.9 Å². The van der Waals surface area contributed by atoms with E-state index in [1.807, 2.05) is 19.1 Å². The van der Waals surface area contributed by atoms with Crippen LogP contribution in [0.5, 0.6) is 11.5 Å². The van der Waals surface area contributed by atoms with Gasteiger partial charge in [0.1, 0.15) is 0 Å². The Hall–Kier alpha value is -1.52. The summed E-state index contributed by atoms with van der Waals surface area (Å²) in [6.45, 7) is 5.26. The highest BCUT2D eigenvalue weighted by Crippen LogP contribution is 2.29. The number of benzene rings is 1. The summed E-state index contributed by atoms with van der Waals surface area (Å²) in [7, 11) is 0. The molecule has 0 aliphatic heterocycles. The fraction of sp³-hybridized carbons (Fsp3) is 0.375. The van der Waals surface area contributed by atoms with Crippen molar-refractivity contribution in [3.05, 3.63) is 46.2 Å². The van der Waals surface area contributed by atoms with Crippen LogP contribution in [-0.4, -0.2) is 17.8 Å². The summed E-state index contributed by atoms with van der Waals surface area (Å²) in [6.07, 6.45) is 0.995. The standard InChI is InChI=1S/C16H21NO2S/c1-3-19-15-6-4-5-14(16(15)18)10-17-12(2)9-13-7-8-20-11-13/h4-8,11-12,17-18H,3,9-10H2,1-2H3. The second-order valence-corrected chi connectivity index (χ2v) is 5.59. The molecule has 20 heavy (non-hydrogen) atoms. The van der Waals surface area contributed by atoms with Crippen molar-refractivity contribution in [1.29, 1.82) is 0 Å². The Morgan fingerprint density at radius 2 is 2.20 bits per heavy atom. The number of thiophene rings is 1. The second kappa shape index (κ2) is 7.31. The van der Waals surface area contributed by atoms with Crippen LogP contribution in [-0.2, 0) is 13.0 Å². The van der Waals surface area contributed by atoms with E-state index in [1.165, 1.54) is 5.56 Å². The highest BCUT2D eigenvalue weighted by atomic mass is 32.1. The van der Waals surface area contributed by atoms with Crippen LogP contribution in [0, 0.1) is 0 Å². The number of aromatic hydroxyl groups is 1. The Kier molecular flexibility index (Phi) is 5.44. The molecule has 0 amide bonds. The first-order valence-electron chi connectivity index (χ1n) is 6.88. The SMILES string of the molecule is CCOc1cccc(CNC(C)Cc2ccsc2)c1O. The third kappa shape index (κ3) is 3.99. The normalized spacial score (nSPS) is 12.3. The molecule has 0 spiro atoms. The van der Waals surface area contributed by atoms with Crippen molar-refractivity contribution in [3.8, 4) is 11.5 Å². The van der Waals surface area contributed by atoms with Gasteiger partial charge in [-0.25, -0.2) is 0 Å². The van der Waals surface area contributed by atoms with Gasteiger partial charge in [0.2, 0.25) is 0 Å². The third-order valence-corrected chi connectivity index (χ3v) is 3.88. The van der Waals surface area contributed by atoms with E-state index in [1.54, 1.807) is 17.4 Å². The van der Waals surface area contributed by atoms with Gasteiger partial charge in [0, 0.05) is 18.2 Å². The fourth-order valence-electron chi connectivity index (χ4n) is 2.10. The van der Waals surface area contributed by atoms with Crippen LogP contribution < -0.4 is 10.1 Å². The Balaban J connectivity index is 1.91. The molecule has 0 aliphatic rings. The van der Waals surface area contributed by atoms with Crippen molar-refractivity contribution in [3.63, 3.8) is 0 Å². The minimum atomic E-state index is 0.240. The molecular formula is C16H21NO2S. The maximum atomic E-state index is 10.1. The number of hydrogen-bond acceptors (Lipinski definition) is 4. The van der Waals surface area contributed by atoms with E-state index in [2.05, 4.69) is 29.1 Å². The molecule has 3 nitrogen and oxygen atoms in total. The van der Waals surface area contributed by atoms with Gasteiger partial charge in [-0.15, -0.1) is 0 Å². The molecule has 1 aromatic carbocycles. The molecule has 0 saturated heterocycles. The van der Waals surface area contributed by atoms with Crippen molar-refractivity contribution in [1.82, 2.24) is 5.32 Å². The van der Waals surface area contributed by atoms with E-state index >= 15 is 0 Å². The first-order chi connectivity index (χ1) is 9.70. The summed E-state index contributed by atoms with van der Waals surface area (Å²) in [5.41, 5.74) is 2.22. The number of phenolic OH excluding ortho intramolecular Hbond substituents is 1. The molecule has 1 aromatic heterocycles. The Morgan fingerprint density at radius 1 is 1.35 bits per heavy atom. The van der Waals surface area contributed by atoms with Gasteiger partial charge in [-0.05, 0) is 48.7 Å². The molecule has 2 rings (SSSR count). The van der Waals surface area contributed by atoms with Gasteiger partial charge in [-0.1, -0.05) is 12.1 Å². The predicted octanol–water partition coefficient (Wildman–Crippen LogP) is 3.57. The van der Waals surface area contributed by atoms with Crippen molar-refractivity contribution in [2.24, 2.45) is 0 Å². The zero-order chi connectivity index (χ0) is 14.4. The largest absolute Gasteiger partial charge is 0.504 e. The minimum absolute atomic E-state index is 0.240. The number of phenols is 1. The van der Waals surface area contributed by atoms with Crippen LogP contribution in [0.4, 0.5) is 0 Å². The highest BCUT2D eigenvalue weighted by molar-refractivity contribution is 7.07. The quantitative estimate of drug-likeness (QED) is 0.819. The van der Waals surface area contributed by atoms with Gasteiger partial charge in [0.15, 0.2) is 11.5 Å². The number of hydrogen-bond donors (Lipinski definition) is 2. The van der Waals surface area contributed by atoms with Crippen LogP contribution in [0.2, 0.25) is 0 Å². The monoisotopic (exact) mass is 291 g/mol. The molecule has 0 fully saturated rings. The predicted molar refractivity (Wildman–Crippen MR) is 83.6 cm³/mol. The van der Waals surface area contributed by atoms with Crippen LogP contribution in [0.15, 0.2) is 35.0 Å². The molecule has 1 atom stereocenters. The molecule has 0 aliphatic carbocycles. The van der Waals surface area contributed by atoms with Crippen LogP contribution in [0.1, 0.15) is 25.0 Å². The number of nitrogens with one attached hydrogen (secondary N) is 1. The third-order valence-electron chi connectivity index (χ3n) is 3.15. The fourth-order valence-corrected chi connectivity index (χ4v) is 2.78. The average molecular weight is 291 g/mol.